The molecule has 0 aliphatic heterocycles. The number of unbranched alkanes of at least 4 members (excludes halogenated alkanes) is 15. The van der Waals surface area contributed by atoms with Crippen LogP contribution in [0.4, 0.5) is 0 Å². The summed E-state index contributed by atoms with van der Waals surface area (Å²) in [5, 5.41) is 0. The monoisotopic (exact) mass is 354 g/mol. The van der Waals surface area contributed by atoms with E-state index < -0.39 is 11.9 Å². The minimum Gasteiger partial charge on any atom is -0.465 e. The molecule has 0 aromatic rings. The van der Waals surface area contributed by atoms with Crippen LogP contribution in [0.5, 0.6) is 0 Å². The van der Waals surface area contributed by atoms with Crippen molar-refractivity contribution in [2.24, 2.45) is 5.92 Å². The van der Waals surface area contributed by atoms with E-state index in [1.54, 1.807) is 6.92 Å². The van der Waals surface area contributed by atoms with Crippen molar-refractivity contribution in [2.45, 2.75) is 117 Å². The van der Waals surface area contributed by atoms with Gasteiger partial charge in [0.2, 0.25) is 0 Å². The van der Waals surface area contributed by atoms with E-state index in [1.165, 1.54) is 89.9 Å². The van der Waals surface area contributed by atoms with Crippen LogP contribution in [0, 0.1) is 5.92 Å². The smallest absolute Gasteiger partial charge is 0.315 e. The van der Waals surface area contributed by atoms with E-state index in [0.29, 0.717) is 12.9 Å². The Morgan fingerprint density at radius 3 is 1.44 bits per heavy atom. The molecule has 0 bridgehead atoms. The maximum absolute atomic E-state index is 11.3. The molecule has 0 aromatic heterocycles. The molecule has 0 saturated carbocycles. The van der Waals surface area contributed by atoms with Crippen LogP contribution < -0.4 is 0 Å². The molecule has 3 heteroatoms. The van der Waals surface area contributed by atoms with E-state index in [4.69, 9.17) is 4.74 Å². The standard InChI is InChI=1S/C22H42O3/c1-3-4-5-6-7-8-9-10-11-12-13-14-15-16-17-18-19-25-22(24)21(2)20-23/h20-21H,3-19H2,1-2H3. The molecule has 0 aliphatic rings. The van der Waals surface area contributed by atoms with E-state index in [9.17, 15) is 9.59 Å². The molecule has 0 radical (unpaired) electrons. The Bertz CT molecular complexity index is 302. The Morgan fingerprint density at radius 1 is 0.720 bits per heavy atom. The zero-order chi connectivity index (χ0) is 18.6. The van der Waals surface area contributed by atoms with Crippen molar-refractivity contribution in [3.05, 3.63) is 0 Å². The summed E-state index contributed by atoms with van der Waals surface area (Å²) in [4.78, 5) is 21.7. The van der Waals surface area contributed by atoms with Crippen molar-refractivity contribution in [3.63, 3.8) is 0 Å². The van der Waals surface area contributed by atoms with Crippen LogP contribution in [-0.2, 0) is 14.3 Å². The van der Waals surface area contributed by atoms with Gasteiger partial charge in [-0.1, -0.05) is 103 Å². The first-order chi connectivity index (χ1) is 12.2. The number of esters is 1. The molecule has 0 N–H and O–H groups in total. The molecule has 3 nitrogen and oxygen atoms in total. The van der Waals surface area contributed by atoms with E-state index in [-0.39, 0.29) is 0 Å². The first-order valence-electron chi connectivity index (χ1n) is 10.8. The Morgan fingerprint density at radius 2 is 1.08 bits per heavy atom. The molecule has 0 amide bonds. The maximum atomic E-state index is 11.3. The van der Waals surface area contributed by atoms with Gasteiger partial charge in [-0.15, -0.1) is 0 Å². The predicted octanol–water partition coefficient (Wildman–Crippen LogP) is 6.63. The number of hydrogen-bond acceptors (Lipinski definition) is 3. The average molecular weight is 355 g/mol. The number of ether oxygens (including phenoxy) is 1. The lowest BCUT2D eigenvalue weighted by Gasteiger charge is -2.06. The van der Waals surface area contributed by atoms with Gasteiger partial charge in [0, 0.05) is 0 Å². The summed E-state index contributed by atoms with van der Waals surface area (Å²) < 4.78 is 5.04. The average Bonchev–Trinajstić information content (AvgIpc) is 2.63. The number of rotatable bonds is 19. The molecule has 0 aliphatic carbocycles. The van der Waals surface area contributed by atoms with E-state index >= 15 is 0 Å². The van der Waals surface area contributed by atoms with Crippen LogP contribution in [0.15, 0.2) is 0 Å². The number of hydrogen-bond donors (Lipinski definition) is 0. The van der Waals surface area contributed by atoms with Gasteiger partial charge < -0.3 is 9.53 Å². The van der Waals surface area contributed by atoms with Crippen LogP contribution in [-0.4, -0.2) is 18.9 Å². The first kappa shape index (κ1) is 24.1. The molecule has 1 atom stereocenters. The van der Waals surface area contributed by atoms with Crippen molar-refractivity contribution < 1.29 is 14.3 Å². The third kappa shape index (κ3) is 17.7. The summed E-state index contributed by atoms with van der Waals surface area (Å²) in [7, 11) is 0. The molecule has 0 heterocycles. The summed E-state index contributed by atoms with van der Waals surface area (Å²) in [5.74, 6) is -1.02. The second-order valence-electron chi connectivity index (χ2n) is 7.40. The van der Waals surface area contributed by atoms with Gasteiger partial charge in [-0.2, -0.15) is 0 Å². The topological polar surface area (TPSA) is 43.4 Å². The van der Waals surface area contributed by atoms with Crippen molar-refractivity contribution in [3.8, 4) is 0 Å². The summed E-state index contributed by atoms with van der Waals surface area (Å²) in [5.41, 5.74) is 0. The largest absolute Gasteiger partial charge is 0.465 e. The highest BCUT2D eigenvalue weighted by atomic mass is 16.5. The van der Waals surface area contributed by atoms with Crippen LogP contribution >= 0.6 is 0 Å². The molecule has 0 fully saturated rings. The lowest BCUT2D eigenvalue weighted by atomic mass is 10.0. The Hall–Kier alpha value is -0.860. The van der Waals surface area contributed by atoms with Gasteiger partial charge in [-0.05, 0) is 13.3 Å². The highest BCUT2D eigenvalue weighted by molar-refractivity contribution is 5.87. The number of aldehydes is 1. The summed E-state index contributed by atoms with van der Waals surface area (Å²) in [6.45, 7) is 4.30. The van der Waals surface area contributed by atoms with Gasteiger partial charge in [0.25, 0.3) is 0 Å². The quantitative estimate of drug-likeness (QED) is 0.113. The molecule has 1 unspecified atom stereocenters. The fourth-order valence-corrected chi connectivity index (χ4v) is 3.01. The van der Waals surface area contributed by atoms with E-state index in [1.807, 2.05) is 0 Å². The molecule has 148 valence electrons. The molecule has 0 saturated heterocycles. The lowest BCUT2D eigenvalue weighted by Crippen LogP contribution is -2.16. The Labute approximate surface area is 156 Å². The van der Waals surface area contributed by atoms with Gasteiger partial charge >= 0.3 is 5.97 Å². The summed E-state index contributed by atoms with van der Waals surface area (Å²) in [6.07, 6.45) is 22.0. The molecule has 0 aromatic carbocycles. The predicted molar refractivity (Wildman–Crippen MR) is 106 cm³/mol. The first-order valence-corrected chi connectivity index (χ1v) is 10.8. The zero-order valence-electron chi connectivity index (χ0n) is 16.9. The third-order valence-corrected chi connectivity index (χ3v) is 4.82. The minimum absolute atomic E-state index is 0.393. The van der Waals surface area contributed by atoms with Gasteiger partial charge in [0.15, 0.2) is 0 Å². The molecule has 0 rings (SSSR count). The third-order valence-electron chi connectivity index (χ3n) is 4.82. The number of carbonyl (C=O) groups excluding carboxylic acids is 2. The Balaban J connectivity index is 3.10. The van der Waals surface area contributed by atoms with E-state index in [0.717, 1.165) is 12.8 Å². The van der Waals surface area contributed by atoms with Gasteiger partial charge in [-0.3, -0.25) is 4.79 Å². The highest BCUT2D eigenvalue weighted by Crippen LogP contribution is 2.13. The Kier molecular flexibility index (Phi) is 18.8. The fourth-order valence-electron chi connectivity index (χ4n) is 3.01. The number of carbonyl (C=O) groups is 2. The summed E-state index contributed by atoms with van der Waals surface area (Å²) in [6, 6.07) is 0. The van der Waals surface area contributed by atoms with Crippen LogP contribution in [0.1, 0.15) is 117 Å². The zero-order valence-corrected chi connectivity index (χ0v) is 16.9. The maximum Gasteiger partial charge on any atom is 0.315 e. The van der Waals surface area contributed by atoms with Crippen molar-refractivity contribution >= 4 is 12.3 Å². The second kappa shape index (κ2) is 19.5. The van der Waals surface area contributed by atoms with Gasteiger partial charge in [-0.25, -0.2) is 0 Å². The van der Waals surface area contributed by atoms with E-state index in [2.05, 4.69) is 6.92 Å². The van der Waals surface area contributed by atoms with Crippen molar-refractivity contribution in [2.75, 3.05) is 6.61 Å². The van der Waals surface area contributed by atoms with Crippen molar-refractivity contribution in [1.82, 2.24) is 0 Å². The van der Waals surface area contributed by atoms with Crippen molar-refractivity contribution in [1.29, 1.82) is 0 Å². The van der Waals surface area contributed by atoms with Crippen LogP contribution in [0.25, 0.3) is 0 Å². The molecule has 0 spiro atoms. The SMILES string of the molecule is CCCCCCCCCCCCCCCCCCOC(=O)C(C)C=O. The molecular weight excluding hydrogens is 312 g/mol. The fraction of sp³-hybridized carbons (Fsp3) is 0.909. The van der Waals surface area contributed by atoms with Crippen LogP contribution in [0.3, 0.4) is 0 Å². The summed E-state index contributed by atoms with van der Waals surface area (Å²) >= 11 is 0. The second-order valence-corrected chi connectivity index (χ2v) is 7.40. The lowest BCUT2D eigenvalue weighted by molar-refractivity contribution is -0.149. The molecular formula is C22H42O3. The molecule has 25 heavy (non-hydrogen) atoms. The van der Waals surface area contributed by atoms with Crippen LogP contribution in [0.2, 0.25) is 0 Å². The van der Waals surface area contributed by atoms with Gasteiger partial charge in [0.05, 0.1) is 6.61 Å². The normalized spacial score (nSPS) is 12.1. The van der Waals surface area contributed by atoms with Gasteiger partial charge in [0.1, 0.15) is 12.2 Å². The highest BCUT2D eigenvalue weighted by Gasteiger charge is 2.11. The minimum atomic E-state index is -0.624.